The van der Waals surface area contributed by atoms with Gasteiger partial charge in [0.15, 0.2) is 0 Å². The first kappa shape index (κ1) is 18.5. The summed E-state index contributed by atoms with van der Waals surface area (Å²) in [4.78, 5) is 11.4. The number of halogens is 1. The van der Waals surface area contributed by atoms with E-state index in [1.807, 2.05) is 39.0 Å². The Morgan fingerprint density at radius 2 is 2.00 bits per heavy atom. The summed E-state index contributed by atoms with van der Waals surface area (Å²) >= 11 is 3.37. The summed E-state index contributed by atoms with van der Waals surface area (Å²) in [6.45, 7) is 7.09. The first-order valence-electron chi connectivity index (χ1n) is 7.08. The van der Waals surface area contributed by atoms with E-state index in [-0.39, 0.29) is 5.75 Å². The molecule has 0 aliphatic heterocycles. The van der Waals surface area contributed by atoms with Gasteiger partial charge in [-0.05, 0) is 39.0 Å². The van der Waals surface area contributed by atoms with Crippen LogP contribution in [0.4, 0.5) is 4.79 Å². The van der Waals surface area contributed by atoms with Gasteiger partial charge in [0.2, 0.25) is 0 Å². The van der Waals surface area contributed by atoms with Gasteiger partial charge in [-0.25, -0.2) is 4.79 Å². The lowest BCUT2D eigenvalue weighted by Crippen LogP contribution is -2.32. The summed E-state index contributed by atoms with van der Waals surface area (Å²) < 4.78 is 6.05. The number of hydrogen-bond donors (Lipinski definition) is 3. The Morgan fingerprint density at radius 1 is 1.32 bits per heavy atom. The zero-order valence-electron chi connectivity index (χ0n) is 13.1. The number of benzene rings is 1. The summed E-state index contributed by atoms with van der Waals surface area (Å²) in [6.07, 6.45) is 3.33. The van der Waals surface area contributed by atoms with Crippen molar-refractivity contribution in [3.8, 4) is 5.75 Å². The minimum Gasteiger partial charge on any atom is -0.508 e. The Hall–Kier alpha value is -1.53. The average Bonchev–Trinajstić information content (AvgIpc) is 2.39. The van der Waals surface area contributed by atoms with Gasteiger partial charge in [-0.1, -0.05) is 28.1 Å². The standard InChI is InChI=1S/C16H23BrN2O3/c1-16(2,3)22-15(21)19-9-5-4-8-18-11-12-10-13(17)6-7-14(12)20/h4-7,10,18,20H,8-9,11H2,1-3H3,(H,19,21)/b5-4+. The van der Waals surface area contributed by atoms with Crippen LogP contribution >= 0.6 is 15.9 Å². The number of carbonyl (C=O) groups excluding carboxylic acids is 1. The van der Waals surface area contributed by atoms with Gasteiger partial charge in [0.05, 0.1) is 0 Å². The predicted molar refractivity (Wildman–Crippen MR) is 90.9 cm³/mol. The lowest BCUT2D eigenvalue weighted by molar-refractivity contribution is 0.0534. The Kier molecular flexibility index (Phi) is 7.41. The molecule has 0 unspecified atom stereocenters. The van der Waals surface area contributed by atoms with Crippen LogP contribution in [0.1, 0.15) is 26.3 Å². The van der Waals surface area contributed by atoms with Crippen molar-refractivity contribution in [2.75, 3.05) is 13.1 Å². The van der Waals surface area contributed by atoms with Crippen molar-refractivity contribution in [1.29, 1.82) is 0 Å². The molecule has 0 fully saturated rings. The first-order valence-corrected chi connectivity index (χ1v) is 7.87. The summed E-state index contributed by atoms with van der Waals surface area (Å²) in [5.74, 6) is 0.270. The second-order valence-corrected chi connectivity index (χ2v) is 6.67. The summed E-state index contributed by atoms with van der Waals surface area (Å²) in [5.41, 5.74) is 0.344. The predicted octanol–water partition coefficient (Wildman–Crippen LogP) is 3.33. The molecule has 22 heavy (non-hydrogen) atoms. The van der Waals surface area contributed by atoms with Gasteiger partial charge in [-0.3, -0.25) is 0 Å². The van der Waals surface area contributed by atoms with E-state index < -0.39 is 11.7 Å². The monoisotopic (exact) mass is 370 g/mol. The van der Waals surface area contributed by atoms with Gasteiger partial charge >= 0.3 is 6.09 Å². The molecule has 0 spiro atoms. The maximum Gasteiger partial charge on any atom is 0.407 e. The van der Waals surface area contributed by atoms with Crippen molar-refractivity contribution in [1.82, 2.24) is 10.6 Å². The third-order valence-electron chi connectivity index (χ3n) is 2.55. The highest BCUT2D eigenvalue weighted by Crippen LogP contribution is 2.21. The van der Waals surface area contributed by atoms with Gasteiger partial charge in [0.25, 0.3) is 0 Å². The maximum atomic E-state index is 11.4. The number of nitrogens with one attached hydrogen (secondary N) is 2. The van der Waals surface area contributed by atoms with Gasteiger partial charge < -0.3 is 20.5 Å². The quantitative estimate of drug-likeness (QED) is 0.530. The minimum absolute atomic E-state index is 0.270. The molecule has 0 saturated heterocycles. The molecule has 0 saturated carbocycles. The number of hydrogen-bond acceptors (Lipinski definition) is 4. The zero-order valence-corrected chi connectivity index (χ0v) is 14.7. The zero-order chi connectivity index (χ0) is 16.6. The number of carbonyl (C=O) groups is 1. The molecular formula is C16H23BrN2O3. The Bertz CT molecular complexity index is 525. The van der Waals surface area contributed by atoms with Crippen LogP contribution in [0, 0.1) is 0 Å². The number of rotatable bonds is 6. The molecule has 0 aliphatic carbocycles. The fraction of sp³-hybridized carbons (Fsp3) is 0.438. The molecule has 6 heteroatoms. The summed E-state index contributed by atoms with van der Waals surface area (Å²) in [6, 6.07) is 5.32. The highest BCUT2D eigenvalue weighted by Gasteiger charge is 2.14. The fourth-order valence-electron chi connectivity index (χ4n) is 1.61. The molecule has 122 valence electrons. The normalized spacial score (nSPS) is 11.6. The van der Waals surface area contributed by atoms with Crippen LogP contribution in [-0.2, 0) is 11.3 Å². The van der Waals surface area contributed by atoms with Crippen molar-refractivity contribution in [3.63, 3.8) is 0 Å². The largest absolute Gasteiger partial charge is 0.508 e. The van der Waals surface area contributed by atoms with Crippen LogP contribution in [0.2, 0.25) is 0 Å². The van der Waals surface area contributed by atoms with Gasteiger partial charge in [0.1, 0.15) is 11.4 Å². The summed E-state index contributed by atoms with van der Waals surface area (Å²) in [5, 5.41) is 15.5. The van der Waals surface area contributed by atoms with Crippen LogP contribution < -0.4 is 10.6 Å². The SMILES string of the molecule is CC(C)(C)OC(=O)NC/C=C/CNCc1cc(Br)ccc1O. The van der Waals surface area contributed by atoms with E-state index in [1.54, 1.807) is 12.1 Å². The van der Waals surface area contributed by atoms with E-state index >= 15 is 0 Å². The number of aromatic hydroxyl groups is 1. The molecule has 0 atom stereocenters. The highest BCUT2D eigenvalue weighted by atomic mass is 79.9. The van der Waals surface area contributed by atoms with E-state index in [9.17, 15) is 9.90 Å². The third kappa shape index (κ3) is 8.05. The van der Waals surface area contributed by atoms with Crippen molar-refractivity contribution in [2.45, 2.75) is 32.9 Å². The van der Waals surface area contributed by atoms with Crippen molar-refractivity contribution >= 4 is 22.0 Å². The Balaban J connectivity index is 2.19. The molecule has 0 radical (unpaired) electrons. The van der Waals surface area contributed by atoms with Crippen molar-refractivity contribution in [2.24, 2.45) is 0 Å². The number of amides is 1. The number of phenolic OH excluding ortho intramolecular Hbond substituents is 1. The molecule has 0 heterocycles. The molecule has 1 aromatic rings. The third-order valence-corrected chi connectivity index (χ3v) is 3.04. The molecule has 0 aromatic heterocycles. The van der Waals surface area contributed by atoms with E-state index in [0.29, 0.717) is 19.6 Å². The maximum absolute atomic E-state index is 11.4. The number of alkyl carbamates (subject to hydrolysis) is 1. The Morgan fingerprint density at radius 3 is 2.68 bits per heavy atom. The second kappa shape index (κ2) is 8.80. The molecule has 5 nitrogen and oxygen atoms in total. The van der Waals surface area contributed by atoms with Crippen molar-refractivity contribution < 1.29 is 14.6 Å². The number of phenols is 1. The molecule has 0 aliphatic rings. The van der Waals surface area contributed by atoms with Gasteiger partial charge in [-0.2, -0.15) is 0 Å². The van der Waals surface area contributed by atoms with Crippen molar-refractivity contribution in [3.05, 3.63) is 40.4 Å². The topological polar surface area (TPSA) is 70.6 Å². The van der Waals surface area contributed by atoms with E-state index in [4.69, 9.17) is 4.74 Å². The van der Waals surface area contributed by atoms with Gasteiger partial charge in [0, 0.05) is 29.7 Å². The summed E-state index contributed by atoms with van der Waals surface area (Å²) in [7, 11) is 0. The molecule has 1 aromatic carbocycles. The van der Waals surface area contributed by atoms with Gasteiger partial charge in [-0.15, -0.1) is 0 Å². The van der Waals surface area contributed by atoms with E-state index in [1.165, 1.54) is 0 Å². The highest BCUT2D eigenvalue weighted by molar-refractivity contribution is 9.10. The second-order valence-electron chi connectivity index (χ2n) is 5.76. The van der Waals surface area contributed by atoms with Crippen LogP contribution in [0.25, 0.3) is 0 Å². The molecule has 1 amide bonds. The van der Waals surface area contributed by atoms with Crippen LogP contribution in [0.3, 0.4) is 0 Å². The molecule has 3 N–H and O–H groups in total. The smallest absolute Gasteiger partial charge is 0.407 e. The fourth-order valence-corrected chi connectivity index (χ4v) is 2.02. The molecule has 1 rings (SSSR count). The average molecular weight is 371 g/mol. The van der Waals surface area contributed by atoms with E-state index in [2.05, 4.69) is 26.6 Å². The Labute approximate surface area is 139 Å². The lowest BCUT2D eigenvalue weighted by atomic mass is 10.2. The van der Waals surface area contributed by atoms with Crippen LogP contribution in [0.15, 0.2) is 34.8 Å². The van der Waals surface area contributed by atoms with E-state index in [0.717, 1.165) is 10.0 Å². The minimum atomic E-state index is -0.485. The first-order chi connectivity index (χ1) is 10.3. The van der Waals surface area contributed by atoms with Crippen LogP contribution in [-0.4, -0.2) is 29.9 Å². The lowest BCUT2D eigenvalue weighted by Gasteiger charge is -2.19. The van der Waals surface area contributed by atoms with Crippen LogP contribution in [0.5, 0.6) is 5.75 Å². The molecule has 0 bridgehead atoms. The molecular weight excluding hydrogens is 348 g/mol. The number of ether oxygens (including phenoxy) is 1.